The van der Waals surface area contributed by atoms with E-state index in [1.807, 2.05) is 0 Å². The van der Waals surface area contributed by atoms with Gasteiger partial charge in [0.1, 0.15) is 0 Å². The molecule has 84 valence electrons. The summed E-state index contributed by atoms with van der Waals surface area (Å²) in [6.07, 6.45) is -3.74. The third kappa shape index (κ3) is 3.49. The highest BCUT2D eigenvalue weighted by atomic mass is 19.3. The Labute approximate surface area is 78.6 Å². The average Bonchev–Trinajstić information content (AvgIpc) is 2.03. The van der Waals surface area contributed by atoms with Crippen LogP contribution in [0.2, 0.25) is 0 Å². The van der Waals surface area contributed by atoms with Crippen molar-refractivity contribution in [2.24, 2.45) is 5.73 Å². The fourth-order valence-corrected chi connectivity index (χ4v) is 0.741. The summed E-state index contributed by atoms with van der Waals surface area (Å²) < 4.78 is 48.0. The van der Waals surface area contributed by atoms with E-state index in [0.717, 1.165) is 0 Å². The molecule has 0 aliphatic rings. The van der Waals surface area contributed by atoms with Crippen LogP contribution in [0.3, 0.4) is 0 Å². The van der Waals surface area contributed by atoms with Gasteiger partial charge in [-0.1, -0.05) is 0 Å². The minimum atomic E-state index is -4.64. The molecule has 0 saturated heterocycles. The molecular weight excluding hydrogens is 204 g/mol. The van der Waals surface area contributed by atoms with Gasteiger partial charge in [0.15, 0.2) is 0 Å². The van der Waals surface area contributed by atoms with Gasteiger partial charge in [-0.15, -0.1) is 0 Å². The molecule has 14 heavy (non-hydrogen) atoms. The number of alkyl halides is 4. The van der Waals surface area contributed by atoms with Crippen LogP contribution in [0.15, 0.2) is 0 Å². The highest BCUT2D eigenvalue weighted by Gasteiger charge is 2.49. The first-order valence-electron chi connectivity index (χ1n) is 3.99. The van der Waals surface area contributed by atoms with Crippen LogP contribution in [0, 0.1) is 0 Å². The SMILES string of the molecule is CC(CCN)NC(=O)C(F)(F)C(F)F. The van der Waals surface area contributed by atoms with Crippen molar-refractivity contribution >= 4 is 5.91 Å². The van der Waals surface area contributed by atoms with Crippen LogP contribution < -0.4 is 11.1 Å². The zero-order valence-corrected chi connectivity index (χ0v) is 7.57. The van der Waals surface area contributed by atoms with Gasteiger partial charge in [0.05, 0.1) is 0 Å². The average molecular weight is 216 g/mol. The van der Waals surface area contributed by atoms with Gasteiger partial charge in [-0.2, -0.15) is 8.78 Å². The molecule has 0 aromatic rings. The van der Waals surface area contributed by atoms with Gasteiger partial charge >= 0.3 is 12.3 Å². The molecule has 0 spiro atoms. The van der Waals surface area contributed by atoms with E-state index in [-0.39, 0.29) is 13.0 Å². The Morgan fingerprint density at radius 2 is 2.00 bits per heavy atom. The Bertz CT molecular complexity index is 198. The van der Waals surface area contributed by atoms with Gasteiger partial charge in [-0.3, -0.25) is 4.79 Å². The molecule has 0 aromatic heterocycles. The van der Waals surface area contributed by atoms with Crippen molar-refractivity contribution in [3.8, 4) is 0 Å². The summed E-state index contributed by atoms with van der Waals surface area (Å²) in [5.41, 5.74) is 5.09. The number of nitrogens with two attached hydrogens (primary N) is 1. The lowest BCUT2D eigenvalue weighted by molar-refractivity contribution is -0.170. The molecule has 3 nitrogen and oxygen atoms in total. The monoisotopic (exact) mass is 216 g/mol. The number of carbonyl (C=O) groups excluding carboxylic acids is 1. The number of nitrogens with one attached hydrogen (secondary N) is 1. The van der Waals surface area contributed by atoms with E-state index >= 15 is 0 Å². The normalized spacial score (nSPS) is 14.2. The molecule has 1 atom stereocenters. The molecule has 3 N–H and O–H groups in total. The van der Waals surface area contributed by atoms with Crippen molar-refractivity contribution in [3.63, 3.8) is 0 Å². The quantitative estimate of drug-likeness (QED) is 0.666. The number of hydrogen-bond donors (Lipinski definition) is 2. The Hall–Kier alpha value is -0.850. The van der Waals surface area contributed by atoms with Crippen molar-refractivity contribution in [3.05, 3.63) is 0 Å². The maximum Gasteiger partial charge on any atom is 0.383 e. The predicted molar refractivity (Wildman–Crippen MR) is 42.2 cm³/mol. The topological polar surface area (TPSA) is 55.1 Å². The van der Waals surface area contributed by atoms with Crippen LogP contribution in [0.25, 0.3) is 0 Å². The van der Waals surface area contributed by atoms with Crippen LogP contribution in [-0.4, -0.2) is 30.8 Å². The predicted octanol–water partition coefficient (Wildman–Crippen LogP) is 0.740. The summed E-state index contributed by atoms with van der Waals surface area (Å²) in [7, 11) is 0. The van der Waals surface area contributed by atoms with Crippen LogP contribution in [0.4, 0.5) is 17.6 Å². The standard InChI is InChI=1S/C7H12F4N2O/c1-4(2-3-12)13-6(14)7(10,11)5(8)9/h4-5H,2-3,12H2,1H3,(H,13,14). The van der Waals surface area contributed by atoms with Crippen molar-refractivity contribution in [1.82, 2.24) is 5.32 Å². The van der Waals surface area contributed by atoms with Gasteiger partial charge in [0.25, 0.3) is 5.91 Å². The number of halogens is 4. The van der Waals surface area contributed by atoms with Crippen molar-refractivity contribution in [2.45, 2.75) is 31.7 Å². The Balaban J connectivity index is 4.20. The summed E-state index contributed by atoms with van der Waals surface area (Å²) in [6, 6.07) is -0.642. The number of rotatable bonds is 5. The fraction of sp³-hybridized carbons (Fsp3) is 0.857. The molecule has 0 aromatic carbocycles. The molecule has 0 radical (unpaired) electrons. The molecule has 0 rings (SSSR count). The first-order valence-corrected chi connectivity index (χ1v) is 3.99. The Morgan fingerprint density at radius 3 is 2.36 bits per heavy atom. The summed E-state index contributed by atoms with van der Waals surface area (Å²) in [5, 5.41) is 1.75. The summed E-state index contributed by atoms with van der Waals surface area (Å²) >= 11 is 0. The largest absolute Gasteiger partial charge is 0.383 e. The lowest BCUT2D eigenvalue weighted by atomic mass is 10.2. The number of amides is 1. The lowest BCUT2D eigenvalue weighted by Gasteiger charge is -2.18. The van der Waals surface area contributed by atoms with Crippen molar-refractivity contribution in [1.29, 1.82) is 0 Å². The van der Waals surface area contributed by atoms with E-state index in [1.54, 1.807) is 5.32 Å². The first kappa shape index (κ1) is 13.2. The second-order valence-corrected chi connectivity index (χ2v) is 2.88. The maximum absolute atomic E-state index is 12.3. The molecule has 0 fully saturated rings. The van der Waals surface area contributed by atoms with E-state index in [9.17, 15) is 22.4 Å². The third-order valence-corrected chi connectivity index (χ3v) is 1.55. The third-order valence-electron chi connectivity index (χ3n) is 1.55. The van der Waals surface area contributed by atoms with E-state index in [2.05, 4.69) is 0 Å². The second kappa shape index (κ2) is 5.14. The van der Waals surface area contributed by atoms with Gasteiger partial charge in [0.2, 0.25) is 0 Å². The van der Waals surface area contributed by atoms with Crippen LogP contribution in [-0.2, 0) is 4.79 Å². The van der Waals surface area contributed by atoms with Crippen LogP contribution >= 0.6 is 0 Å². The Kier molecular flexibility index (Phi) is 4.82. The van der Waals surface area contributed by atoms with Crippen LogP contribution in [0.1, 0.15) is 13.3 Å². The fourth-order valence-electron chi connectivity index (χ4n) is 0.741. The smallest absolute Gasteiger partial charge is 0.348 e. The summed E-state index contributed by atoms with van der Waals surface area (Å²) in [6.45, 7) is 1.59. The summed E-state index contributed by atoms with van der Waals surface area (Å²) in [4.78, 5) is 10.6. The first-order chi connectivity index (χ1) is 6.32. The maximum atomic E-state index is 12.3. The van der Waals surface area contributed by atoms with E-state index in [0.29, 0.717) is 0 Å². The van der Waals surface area contributed by atoms with Crippen LogP contribution in [0.5, 0.6) is 0 Å². The Morgan fingerprint density at radius 1 is 1.50 bits per heavy atom. The van der Waals surface area contributed by atoms with Gasteiger partial charge in [-0.25, -0.2) is 8.78 Å². The van der Waals surface area contributed by atoms with E-state index < -0.39 is 24.3 Å². The highest BCUT2D eigenvalue weighted by Crippen LogP contribution is 2.22. The molecule has 7 heteroatoms. The molecule has 1 amide bonds. The molecular formula is C7H12F4N2O. The number of hydrogen-bond acceptors (Lipinski definition) is 2. The lowest BCUT2D eigenvalue weighted by Crippen LogP contribution is -2.48. The number of carbonyl (C=O) groups is 1. The van der Waals surface area contributed by atoms with Gasteiger partial charge in [-0.05, 0) is 19.9 Å². The minimum Gasteiger partial charge on any atom is -0.348 e. The molecule has 0 bridgehead atoms. The minimum absolute atomic E-state index is 0.182. The van der Waals surface area contributed by atoms with E-state index in [4.69, 9.17) is 5.73 Å². The molecule has 0 aliphatic heterocycles. The molecule has 0 aliphatic carbocycles. The zero-order valence-electron chi connectivity index (χ0n) is 7.57. The van der Waals surface area contributed by atoms with Gasteiger partial charge < -0.3 is 11.1 Å². The van der Waals surface area contributed by atoms with Crippen molar-refractivity contribution in [2.75, 3.05) is 6.54 Å². The molecule has 0 heterocycles. The molecule has 0 saturated carbocycles. The summed E-state index contributed by atoms with van der Waals surface area (Å²) in [5.74, 6) is -6.60. The van der Waals surface area contributed by atoms with Crippen molar-refractivity contribution < 1.29 is 22.4 Å². The zero-order chi connectivity index (χ0) is 11.4. The highest BCUT2D eigenvalue weighted by molar-refractivity contribution is 5.84. The second-order valence-electron chi connectivity index (χ2n) is 2.88. The van der Waals surface area contributed by atoms with Gasteiger partial charge in [0, 0.05) is 6.04 Å². The molecule has 1 unspecified atom stereocenters. The van der Waals surface area contributed by atoms with E-state index in [1.165, 1.54) is 6.92 Å².